The summed E-state index contributed by atoms with van der Waals surface area (Å²) in [6, 6.07) is 0. The Morgan fingerprint density at radius 2 is 1.67 bits per heavy atom. The molecule has 18 heavy (non-hydrogen) atoms. The van der Waals surface area contributed by atoms with Crippen molar-refractivity contribution < 1.29 is 4.79 Å². The molecule has 2 unspecified atom stereocenters. The fourth-order valence-electron chi connectivity index (χ4n) is 2.75. The van der Waals surface area contributed by atoms with Crippen LogP contribution in [0.15, 0.2) is 0 Å². The molecule has 0 aromatic carbocycles. The zero-order chi connectivity index (χ0) is 14.0. The summed E-state index contributed by atoms with van der Waals surface area (Å²) in [7, 11) is 0. The molecule has 0 saturated carbocycles. The maximum atomic E-state index is 11.6. The van der Waals surface area contributed by atoms with E-state index in [9.17, 15) is 4.79 Å². The Balaban J connectivity index is 4.12. The van der Waals surface area contributed by atoms with E-state index in [1.807, 2.05) is 0 Å². The number of rotatable bonds is 11. The van der Waals surface area contributed by atoms with E-state index in [0.717, 1.165) is 12.8 Å². The minimum Gasteiger partial charge on any atom is -0.369 e. The van der Waals surface area contributed by atoms with Crippen LogP contribution in [-0.4, -0.2) is 5.91 Å². The van der Waals surface area contributed by atoms with Crippen molar-refractivity contribution in [3.63, 3.8) is 0 Å². The molecule has 1 amide bonds. The number of primary amides is 1. The molecule has 2 N–H and O–H groups in total. The fraction of sp³-hybridized carbons (Fsp3) is 0.938. The summed E-state index contributed by atoms with van der Waals surface area (Å²) in [5, 5.41) is 0. The van der Waals surface area contributed by atoms with Gasteiger partial charge >= 0.3 is 0 Å². The van der Waals surface area contributed by atoms with E-state index in [1.165, 1.54) is 38.5 Å². The second-order valence-electron chi connectivity index (χ2n) is 6.01. The number of hydrogen-bond donors (Lipinski definition) is 1. The average molecular weight is 255 g/mol. The van der Waals surface area contributed by atoms with Crippen molar-refractivity contribution in [3.8, 4) is 0 Å². The quantitative estimate of drug-likeness (QED) is 0.542. The van der Waals surface area contributed by atoms with Gasteiger partial charge < -0.3 is 5.73 Å². The topological polar surface area (TPSA) is 43.1 Å². The summed E-state index contributed by atoms with van der Waals surface area (Å²) >= 11 is 0. The van der Waals surface area contributed by atoms with E-state index in [4.69, 9.17) is 5.73 Å². The third-order valence-electron chi connectivity index (χ3n) is 3.86. The van der Waals surface area contributed by atoms with Gasteiger partial charge in [0.1, 0.15) is 0 Å². The van der Waals surface area contributed by atoms with Crippen molar-refractivity contribution in [2.24, 2.45) is 23.5 Å². The van der Waals surface area contributed by atoms with E-state index in [-0.39, 0.29) is 11.8 Å². The van der Waals surface area contributed by atoms with Crippen LogP contribution in [-0.2, 0) is 4.79 Å². The normalized spacial score (nSPS) is 14.7. The van der Waals surface area contributed by atoms with Gasteiger partial charge in [0.2, 0.25) is 5.91 Å². The summed E-state index contributed by atoms with van der Waals surface area (Å²) in [4.78, 5) is 11.6. The van der Waals surface area contributed by atoms with Crippen LogP contribution in [0.1, 0.15) is 79.1 Å². The maximum absolute atomic E-state index is 11.6. The van der Waals surface area contributed by atoms with Crippen LogP contribution in [0.5, 0.6) is 0 Å². The van der Waals surface area contributed by atoms with Gasteiger partial charge in [-0.3, -0.25) is 4.79 Å². The lowest BCUT2D eigenvalue weighted by Gasteiger charge is -2.25. The standard InChI is InChI=1S/C16H33NO/c1-5-7-8-9-10-11-14(6-2)15(16(17)18)12-13(3)4/h13-15H,5-12H2,1-4H3,(H2,17,18). The molecule has 0 aromatic rings. The maximum Gasteiger partial charge on any atom is 0.220 e. The molecule has 108 valence electrons. The van der Waals surface area contributed by atoms with Crippen LogP contribution in [0.25, 0.3) is 0 Å². The van der Waals surface area contributed by atoms with Crippen molar-refractivity contribution in [1.82, 2.24) is 0 Å². The first kappa shape index (κ1) is 17.5. The zero-order valence-electron chi connectivity index (χ0n) is 12.9. The molecule has 0 aliphatic heterocycles. The molecule has 0 radical (unpaired) electrons. The van der Waals surface area contributed by atoms with Gasteiger partial charge in [0.25, 0.3) is 0 Å². The van der Waals surface area contributed by atoms with Gasteiger partial charge in [-0.15, -0.1) is 0 Å². The van der Waals surface area contributed by atoms with E-state index in [0.29, 0.717) is 11.8 Å². The largest absolute Gasteiger partial charge is 0.369 e. The summed E-state index contributed by atoms with van der Waals surface area (Å²) in [5.74, 6) is 1.04. The fourth-order valence-corrected chi connectivity index (χ4v) is 2.75. The lowest BCUT2D eigenvalue weighted by Crippen LogP contribution is -2.31. The van der Waals surface area contributed by atoms with Crippen LogP contribution in [0.3, 0.4) is 0 Å². The molecule has 0 aromatic heterocycles. The van der Waals surface area contributed by atoms with Gasteiger partial charge in [0.15, 0.2) is 0 Å². The average Bonchev–Trinajstić information content (AvgIpc) is 2.31. The van der Waals surface area contributed by atoms with Crippen molar-refractivity contribution in [1.29, 1.82) is 0 Å². The van der Waals surface area contributed by atoms with Crippen molar-refractivity contribution in [2.75, 3.05) is 0 Å². The highest BCUT2D eigenvalue weighted by atomic mass is 16.1. The highest BCUT2D eigenvalue weighted by Crippen LogP contribution is 2.28. The Labute approximate surface area is 114 Å². The number of unbranched alkanes of at least 4 members (excludes halogenated alkanes) is 4. The summed E-state index contributed by atoms with van der Waals surface area (Å²) in [5.41, 5.74) is 5.57. The van der Waals surface area contributed by atoms with E-state index in [1.54, 1.807) is 0 Å². The SMILES string of the molecule is CCCCCCCC(CC)C(CC(C)C)C(N)=O. The Bertz CT molecular complexity index is 213. The van der Waals surface area contributed by atoms with Crippen molar-refractivity contribution in [3.05, 3.63) is 0 Å². The predicted octanol–water partition coefficient (Wildman–Crippen LogP) is 4.52. The number of nitrogens with two attached hydrogens (primary N) is 1. The van der Waals surface area contributed by atoms with Gasteiger partial charge in [-0.25, -0.2) is 0 Å². The van der Waals surface area contributed by atoms with E-state index >= 15 is 0 Å². The number of carbonyl (C=O) groups excluding carboxylic acids is 1. The molecule has 0 heterocycles. The van der Waals surface area contributed by atoms with Gasteiger partial charge in [0.05, 0.1) is 0 Å². The molecule has 2 atom stereocenters. The molecule has 2 nitrogen and oxygen atoms in total. The van der Waals surface area contributed by atoms with Crippen LogP contribution < -0.4 is 5.73 Å². The van der Waals surface area contributed by atoms with E-state index < -0.39 is 0 Å². The third kappa shape index (κ3) is 7.73. The Hall–Kier alpha value is -0.530. The van der Waals surface area contributed by atoms with Gasteiger partial charge in [-0.1, -0.05) is 66.2 Å². The molecular weight excluding hydrogens is 222 g/mol. The van der Waals surface area contributed by atoms with Gasteiger partial charge in [-0.2, -0.15) is 0 Å². The molecule has 0 rings (SSSR count). The number of amides is 1. The summed E-state index contributed by atoms with van der Waals surface area (Å²) in [6.45, 7) is 8.77. The van der Waals surface area contributed by atoms with Gasteiger partial charge in [-0.05, 0) is 24.7 Å². The van der Waals surface area contributed by atoms with Crippen LogP contribution >= 0.6 is 0 Å². The Morgan fingerprint density at radius 3 is 2.11 bits per heavy atom. The number of hydrogen-bond acceptors (Lipinski definition) is 1. The summed E-state index contributed by atoms with van der Waals surface area (Å²) in [6.07, 6.45) is 9.70. The minimum atomic E-state index is -0.0934. The first-order valence-corrected chi connectivity index (χ1v) is 7.82. The lowest BCUT2D eigenvalue weighted by atomic mass is 9.80. The molecular formula is C16H33NO. The first-order valence-electron chi connectivity index (χ1n) is 7.82. The monoisotopic (exact) mass is 255 g/mol. The molecule has 0 aliphatic carbocycles. The highest BCUT2D eigenvalue weighted by Gasteiger charge is 2.25. The van der Waals surface area contributed by atoms with E-state index in [2.05, 4.69) is 27.7 Å². The van der Waals surface area contributed by atoms with Crippen molar-refractivity contribution in [2.45, 2.75) is 79.1 Å². The predicted molar refractivity (Wildman–Crippen MR) is 79.3 cm³/mol. The van der Waals surface area contributed by atoms with Crippen LogP contribution in [0, 0.1) is 17.8 Å². The molecule has 0 aliphatic rings. The first-order chi connectivity index (χ1) is 8.52. The molecule has 0 saturated heterocycles. The van der Waals surface area contributed by atoms with Crippen LogP contribution in [0.4, 0.5) is 0 Å². The smallest absolute Gasteiger partial charge is 0.220 e. The second kappa shape index (κ2) is 10.4. The Morgan fingerprint density at radius 1 is 1.06 bits per heavy atom. The molecule has 0 spiro atoms. The minimum absolute atomic E-state index is 0.0844. The van der Waals surface area contributed by atoms with Gasteiger partial charge in [0, 0.05) is 5.92 Å². The second-order valence-corrected chi connectivity index (χ2v) is 6.01. The van der Waals surface area contributed by atoms with Crippen molar-refractivity contribution >= 4 is 5.91 Å². The van der Waals surface area contributed by atoms with Crippen LogP contribution in [0.2, 0.25) is 0 Å². The zero-order valence-corrected chi connectivity index (χ0v) is 12.9. The lowest BCUT2D eigenvalue weighted by molar-refractivity contribution is -0.124. The Kier molecular flexibility index (Phi) is 10.1. The highest BCUT2D eigenvalue weighted by molar-refractivity contribution is 5.76. The molecule has 0 fully saturated rings. The number of carbonyl (C=O) groups is 1. The third-order valence-corrected chi connectivity index (χ3v) is 3.86. The molecule has 0 bridgehead atoms. The summed E-state index contributed by atoms with van der Waals surface area (Å²) < 4.78 is 0. The molecule has 2 heteroatoms.